The maximum atomic E-state index is 4.79. The normalized spacial score (nSPS) is 22.0. The third-order valence-corrected chi connectivity index (χ3v) is 5.72. The Hall–Kier alpha value is -2.80. The van der Waals surface area contributed by atoms with Gasteiger partial charge in [-0.3, -0.25) is 14.9 Å². The SMILES string of the molecule is CC1NN2C=C(c3ccc(CN4CCNCC4)cc3)C=NC2=C1c1ccncc1. The van der Waals surface area contributed by atoms with Crippen LogP contribution in [0.5, 0.6) is 0 Å². The molecule has 4 heterocycles. The van der Waals surface area contributed by atoms with Gasteiger partial charge in [0.1, 0.15) is 0 Å². The molecule has 3 aliphatic rings. The van der Waals surface area contributed by atoms with E-state index in [2.05, 4.69) is 58.0 Å². The lowest BCUT2D eigenvalue weighted by Crippen LogP contribution is -2.42. The zero-order valence-electron chi connectivity index (χ0n) is 16.7. The van der Waals surface area contributed by atoms with Crippen molar-refractivity contribution in [3.8, 4) is 0 Å². The van der Waals surface area contributed by atoms with Crippen molar-refractivity contribution >= 4 is 17.4 Å². The zero-order chi connectivity index (χ0) is 19.6. The van der Waals surface area contributed by atoms with Gasteiger partial charge in [0.25, 0.3) is 0 Å². The molecular formula is C23H26N6. The molecule has 2 aromatic rings. The summed E-state index contributed by atoms with van der Waals surface area (Å²) in [7, 11) is 0. The van der Waals surface area contributed by atoms with Gasteiger partial charge in [0.05, 0.1) is 6.04 Å². The van der Waals surface area contributed by atoms with Crippen LogP contribution < -0.4 is 10.7 Å². The summed E-state index contributed by atoms with van der Waals surface area (Å²) < 4.78 is 0. The first kappa shape index (κ1) is 18.2. The minimum Gasteiger partial charge on any atom is -0.314 e. The topological polar surface area (TPSA) is 55.8 Å². The summed E-state index contributed by atoms with van der Waals surface area (Å²) in [5, 5.41) is 5.45. The standard InChI is InChI=1S/C23H26N6/c1-17-22(20-6-8-24-9-7-20)23-26-14-21(16-29(23)27-17)19-4-2-18(3-5-19)15-28-12-10-25-11-13-28/h2-9,14,16-17,25,27H,10-13,15H2,1H3. The molecule has 1 atom stereocenters. The molecule has 148 valence electrons. The predicted octanol–water partition coefficient (Wildman–Crippen LogP) is 2.49. The van der Waals surface area contributed by atoms with Crippen molar-refractivity contribution in [1.29, 1.82) is 0 Å². The Morgan fingerprint density at radius 3 is 2.52 bits per heavy atom. The second-order valence-electron chi connectivity index (χ2n) is 7.76. The summed E-state index contributed by atoms with van der Waals surface area (Å²) in [5.41, 5.74) is 9.51. The molecule has 6 heteroatoms. The molecule has 3 aliphatic heterocycles. The second kappa shape index (κ2) is 7.91. The average Bonchev–Trinajstić information content (AvgIpc) is 3.10. The Kier molecular flexibility index (Phi) is 4.97. The molecule has 29 heavy (non-hydrogen) atoms. The first-order valence-electron chi connectivity index (χ1n) is 10.3. The van der Waals surface area contributed by atoms with Crippen molar-refractivity contribution in [1.82, 2.24) is 25.6 Å². The third kappa shape index (κ3) is 3.74. The number of aromatic nitrogens is 1. The highest BCUT2D eigenvalue weighted by Crippen LogP contribution is 2.33. The van der Waals surface area contributed by atoms with Crippen molar-refractivity contribution in [2.75, 3.05) is 26.2 Å². The first-order chi connectivity index (χ1) is 14.3. The number of aliphatic imine (C=N–C) groups is 1. The molecule has 6 nitrogen and oxygen atoms in total. The van der Waals surface area contributed by atoms with Gasteiger partial charge in [-0.1, -0.05) is 24.3 Å². The van der Waals surface area contributed by atoms with E-state index in [0.717, 1.165) is 49.7 Å². The number of benzene rings is 1. The van der Waals surface area contributed by atoms with E-state index in [-0.39, 0.29) is 6.04 Å². The number of allylic oxidation sites excluding steroid dienone is 1. The molecular weight excluding hydrogens is 360 g/mol. The van der Waals surface area contributed by atoms with Crippen LogP contribution in [-0.4, -0.2) is 53.3 Å². The number of pyridine rings is 1. The maximum absolute atomic E-state index is 4.79. The number of nitrogens with zero attached hydrogens (tertiary/aromatic N) is 4. The maximum Gasteiger partial charge on any atom is 0.152 e. The van der Waals surface area contributed by atoms with Crippen LogP contribution in [0.1, 0.15) is 23.6 Å². The summed E-state index contributed by atoms with van der Waals surface area (Å²) in [4.78, 5) is 11.4. The van der Waals surface area contributed by atoms with Gasteiger partial charge in [-0.05, 0) is 35.7 Å². The Bertz CT molecular complexity index is 955. The predicted molar refractivity (Wildman–Crippen MR) is 117 cm³/mol. The number of nitrogens with one attached hydrogen (secondary N) is 2. The number of hydrogen-bond donors (Lipinski definition) is 2. The fraction of sp³-hybridized carbons (Fsp3) is 0.304. The highest BCUT2D eigenvalue weighted by Gasteiger charge is 2.30. The molecule has 1 fully saturated rings. The second-order valence-corrected chi connectivity index (χ2v) is 7.76. The number of fused-ring (bicyclic) bond motifs is 1. The fourth-order valence-electron chi connectivity index (χ4n) is 4.18. The van der Waals surface area contributed by atoms with Crippen LogP contribution in [0, 0.1) is 0 Å². The number of rotatable bonds is 4. The van der Waals surface area contributed by atoms with E-state index in [1.807, 2.05) is 35.7 Å². The van der Waals surface area contributed by atoms with E-state index in [9.17, 15) is 0 Å². The Balaban J connectivity index is 1.34. The van der Waals surface area contributed by atoms with Crippen LogP contribution in [0.3, 0.4) is 0 Å². The van der Waals surface area contributed by atoms with Crippen LogP contribution in [0.25, 0.3) is 11.1 Å². The quantitative estimate of drug-likeness (QED) is 0.846. The van der Waals surface area contributed by atoms with Gasteiger partial charge in [-0.25, -0.2) is 10.4 Å². The van der Waals surface area contributed by atoms with Gasteiger partial charge in [0.15, 0.2) is 5.82 Å². The number of hydrogen-bond acceptors (Lipinski definition) is 6. The molecule has 0 spiro atoms. The molecule has 0 bridgehead atoms. The summed E-state index contributed by atoms with van der Waals surface area (Å²) in [6.45, 7) is 7.58. The van der Waals surface area contributed by atoms with E-state index in [1.54, 1.807) is 0 Å². The lowest BCUT2D eigenvalue weighted by Gasteiger charge is -2.27. The highest BCUT2D eigenvalue weighted by molar-refractivity contribution is 6.11. The molecule has 0 aliphatic carbocycles. The Morgan fingerprint density at radius 2 is 1.76 bits per heavy atom. The van der Waals surface area contributed by atoms with E-state index in [1.165, 1.54) is 16.7 Å². The molecule has 2 N–H and O–H groups in total. The molecule has 0 amide bonds. The van der Waals surface area contributed by atoms with E-state index in [0.29, 0.717) is 0 Å². The van der Waals surface area contributed by atoms with Gasteiger partial charge in [-0.15, -0.1) is 0 Å². The first-order valence-corrected chi connectivity index (χ1v) is 10.3. The van der Waals surface area contributed by atoms with Crippen molar-refractivity contribution in [3.05, 3.63) is 77.5 Å². The summed E-state index contributed by atoms with van der Waals surface area (Å²) >= 11 is 0. The molecule has 1 aromatic carbocycles. The van der Waals surface area contributed by atoms with Crippen molar-refractivity contribution < 1.29 is 0 Å². The molecule has 5 rings (SSSR count). The molecule has 0 radical (unpaired) electrons. The zero-order valence-corrected chi connectivity index (χ0v) is 16.7. The van der Waals surface area contributed by atoms with Crippen LogP contribution in [0.2, 0.25) is 0 Å². The monoisotopic (exact) mass is 386 g/mol. The summed E-state index contributed by atoms with van der Waals surface area (Å²) in [6, 6.07) is 13.1. The highest BCUT2D eigenvalue weighted by atomic mass is 15.6. The van der Waals surface area contributed by atoms with Crippen molar-refractivity contribution in [3.63, 3.8) is 0 Å². The smallest absolute Gasteiger partial charge is 0.152 e. The van der Waals surface area contributed by atoms with E-state index < -0.39 is 0 Å². The van der Waals surface area contributed by atoms with E-state index >= 15 is 0 Å². The minimum absolute atomic E-state index is 0.196. The van der Waals surface area contributed by atoms with Gasteiger partial charge >= 0.3 is 0 Å². The van der Waals surface area contributed by atoms with Crippen molar-refractivity contribution in [2.24, 2.45) is 4.99 Å². The summed E-state index contributed by atoms with van der Waals surface area (Å²) in [6.07, 6.45) is 7.76. The van der Waals surface area contributed by atoms with Gasteiger partial charge in [0, 0.05) is 68.7 Å². The number of hydrazine groups is 1. The van der Waals surface area contributed by atoms with Crippen molar-refractivity contribution in [2.45, 2.75) is 19.5 Å². The largest absolute Gasteiger partial charge is 0.314 e. The van der Waals surface area contributed by atoms with Gasteiger partial charge in [0.2, 0.25) is 0 Å². The van der Waals surface area contributed by atoms with Crippen LogP contribution >= 0.6 is 0 Å². The number of piperazine rings is 1. The lowest BCUT2D eigenvalue weighted by atomic mass is 10.0. The molecule has 1 unspecified atom stereocenters. The summed E-state index contributed by atoms with van der Waals surface area (Å²) in [5.74, 6) is 0.961. The average molecular weight is 387 g/mol. The van der Waals surface area contributed by atoms with Crippen LogP contribution in [0.4, 0.5) is 0 Å². The molecule has 1 saturated heterocycles. The van der Waals surface area contributed by atoms with Crippen LogP contribution in [0.15, 0.2) is 65.8 Å². The molecule has 0 saturated carbocycles. The minimum atomic E-state index is 0.196. The fourth-order valence-corrected chi connectivity index (χ4v) is 4.18. The Labute approximate surface area is 171 Å². The Morgan fingerprint density at radius 1 is 1.00 bits per heavy atom. The van der Waals surface area contributed by atoms with Crippen LogP contribution in [-0.2, 0) is 6.54 Å². The van der Waals surface area contributed by atoms with E-state index in [4.69, 9.17) is 4.99 Å². The third-order valence-electron chi connectivity index (χ3n) is 5.72. The molecule has 1 aromatic heterocycles. The van der Waals surface area contributed by atoms with Gasteiger partial charge < -0.3 is 5.32 Å². The van der Waals surface area contributed by atoms with Gasteiger partial charge in [-0.2, -0.15) is 0 Å². The lowest BCUT2D eigenvalue weighted by molar-refractivity contribution is 0.233.